The fourth-order valence-electron chi connectivity index (χ4n) is 8.92. The molecule has 1 aliphatic rings. The summed E-state index contributed by atoms with van der Waals surface area (Å²) in [5.41, 5.74) is 7.30. The van der Waals surface area contributed by atoms with E-state index in [1.807, 2.05) is 11.8 Å². The van der Waals surface area contributed by atoms with E-state index in [0.717, 1.165) is 0 Å². The maximum absolute atomic E-state index is 2.75. The van der Waals surface area contributed by atoms with Crippen LogP contribution in [-0.4, -0.2) is 17.2 Å². The molecule has 4 heteroatoms. The molecule has 0 spiro atoms. The zero-order valence-corrected chi connectivity index (χ0v) is 30.1. The highest BCUT2D eigenvalue weighted by molar-refractivity contribution is 8.00. The summed E-state index contributed by atoms with van der Waals surface area (Å²) < 4.78 is 4.90. The summed E-state index contributed by atoms with van der Waals surface area (Å²) in [7, 11) is -2.75. The van der Waals surface area contributed by atoms with Crippen LogP contribution in [0.4, 0.5) is 0 Å². The molecule has 0 unspecified atom stereocenters. The van der Waals surface area contributed by atoms with Crippen LogP contribution in [0, 0.1) is 0 Å². The standard InChI is InChI=1S/C48H32N2SSi/c1-3-15-35(16-4-1)52(36-17-5-2-6-18-36)47-29-27-33(49-41-23-11-7-19-37(41)38-20-8-12-24-42(38)49)31-45(47)51-46-32-34(28-30-48(46)52)50-43-25-13-9-21-39(43)40-22-10-14-26-44(40)50/h1-32H/q-1. The van der Waals surface area contributed by atoms with E-state index in [1.165, 1.54) is 85.5 Å². The van der Waals surface area contributed by atoms with Gasteiger partial charge in [-0.3, -0.25) is 0 Å². The quantitative estimate of drug-likeness (QED) is 0.167. The van der Waals surface area contributed by atoms with Crippen LogP contribution in [-0.2, 0) is 0 Å². The van der Waals surface area contributed by atoms with Gasteiger partial charge in [-0.15, -0.1) is 0 Å². The van der Waals surface area contributed by atoms with Gasteiger partial charge in [0.2, 0.25) is 0 Å². The van der Waals surface area contributed by atoms with Crippen molar-refractivity contribution in [2.45, 2.75) is 9.79 Å². The average Bonchev–Trinajstić information content (AvgIpc) is 3.73. The largest absolute Gasteiger partial charge is 0.309 e. The van der Waals surface area contributed by atoms with Gasteiger partial charge in [-0.1, -0.05) is 157 Å². The molecule has 245 valence electrons. The molecule has 0 amide bonds. The molecule has 10 aromatic rings. The molecule has 0 N–H and O–H groups in total. The molecule has 2 aromatic heterocycles. The summed E-state index contributed by atoms with van der Waals surface area (Å²) in [4.78, 5) is 2.65. The van der Waals surface area contributed by atoms with Crippen LogP contribution in [0.1, 0.15) is 0 Å². The second-order valence-corrected chi connectivity index (χ2v) is 18.5. The summed E-state index contributed by atoms with van der Waals surface area (Å²) in [5.74, 6) is 0. The first-order chi connectivity index (χ1) is 25.8. The van der Waals surface area contributed by atoms with Crippen molar-refractivity contribution in [3.05, 3.63) is 194 Å². The van der Waals surface area contributed by atoms with Crippen molar-refractivity contribution in [3.63, 3.8) is 0 Å². The normalized spacial score (nSPS) is 13.5. The molecule has 0 radical (unpaired) electrons. The average molecular weight is 697 g/mol. The molecule has 8 aromatic carbocycles. The third-order valence-corrected chi connectivity index (χ3v) is 17.4. The molecule has 2 nitrogen and oxygen atoms in total. The molecule has 0 aliphatic carbocycles. The predicted octanol–water partition coefficient (Wildman–Crippen LogP) is 9.72. The van der Waals surface area contributed by atoms with Crippen LogP contribution < -0.4 is 20.7 Å². The van der Waals surface area contributed by atoms with E-state index in [0.29, 0.717) is 0 Å². The Kier molecular flexibility index (Phi) is 6.54. The van der Waals surface area contributed by atoms with Crippen molar-refractivity contribution in [2.75, 3.05) is 0 Å². The van der Waals surface area contributed by atoms with Crippen LogP contribution in [0.5, 0.6) is 0 Å². The number of aromatic nitrogens is 2. The first-order valence-electron chi connectivity index (χ1n) is 17.9. The lowest BCUT2D eigenvalue weighted by Crippen LogP contribution is -2.76. The number of rotatable bonds is 4. The summed E-state index contributed by atoms with van der Waals surface area (Å²) in [6, 6.07) is 72.4. The van der Waals surface area contributed by atoms with E-state index in [9.17, 15) is 0 Å². The molecule has 0 saturated heterocycles. The van der Waals surface area contributed by atoms with Gasteiger partial charge < -0.3 is 9.13 Å². The topological polar surface area (TPSA) is 9.86 Å². The Morgan fingerprint density at radius 3 is 1.02 bits per heavy atom. The van der Waals surface area contributed by atoms with Crippen molar-refractivity contribution < 1.29 is 0 Å². The summed E-state index contributed by atoms with van der Waals surface area (Å²) in [6.07, 6.45) is 0. The van der Waals surface area contributed by atoms with Gasteiger partial charge in [0, 0.05) is 32.9 Å². The Balaban J connectivity index is 1.21. The van der Waals surface area contributed by atoms with E-state index in [1.54, 1.807) is 0 Å². The minimum Gasteiger partial charge on any atom is -0.309 e. The first-order valence-corrected chi connectivity index (χ1v) is 20.7. The zero-order chi connectivity index (χ0) is 34.2. The first kappa shape index (κ1) is 29.6. The van der Waals surface area contributed by atoms with Crippen LogP contribution in [0.2, 0.25) is 0 Å². The van der Waals surface area contributed by atoms with Crippen molar-refractivity contribution in [2.24, 2.45) is 0 Å². The highest BCUT2D eigenvalue weighted by Crippen LogP contribution is 2.39. The molecule has 52 heavy (non-hydrogen) atoms. The number of benzene rings is 8. The number of fused-ring (bicyclic) bond motifs is 8. The Hall–Kier alpha value is -6.07. The second-order valence-electron chi connectivity index (χ2n) is 13.7. The minimum absolute atomic E-state index is 1.19. The highest BCUT2D eigenvalue weighted by Gasteiger charge is 2.35. The summed E-state index contributed by atoms with van der Waals surface area (Å²) in [5, 5.41) is 10.8. The van der Waals surface area contributed by atoms with Crippen LogP contribution in [0.15, 0.2) is 204 Å². The van der Waals surface area contributed by atoms with Crippen LogP contribution in [0.25, 0.3) is 55.0 Å². The van der Waals surface area contributed by atoms with Gasteiger partial charge in [-0.25, -0.2) is 0 Å². The Morgan fingerprint density at radius 1 is 0.327 bits per heavy atom. The second kappa shape index (κ2) is 11.5. The monoisotopic (exact) mass is 696 g/mol. The third-order valence-electron chi connectivity index (χ3n) is 11.0. The van der Waals surface area contributed by atoms with Crippen LogP contribution in [0.3, 0.4) is 0 Å². The molecule has 0 fully saturated rings. The van der Waals surface area contributed by atoms with Gasteiger partial charge in [-0.05, 0) is 66.4 Å². The van der Waals surface area contributed by atoms with Crippen molar-refractivity contribution in [1.29, 1.82) is 0 Å². The van der Waals surface area contributed by atoms with Crippen molar-refractivity contribution >= 4 is 84.2 Å². The third kappa shape index (κ3) is 4.13. The maximum Gasteiger partial charge on any atom is 0.0541 e. The number of hydrogen-bond acceptors (Lipinski definition) is 1. The fraction of sp³-hybridized carbons (Fsp3) is 0. The highest BCUT2D eigenvalue weighted by atomic mass is 32.2. The van der Waals surface area contributed by atoms with Gasteiger partial charge in [0.1, 0.15) is 0 Å². The Morgan fingerprint density at radius 2 is 0.654 bits per heavy atom. The number of nitrogens with zero attached hydrogens (tertiary/aromatic N) is 2. The van der Waals surface area contributed by atoms with Gasteiger partial charge >= 0.3 is 0 Å². The van der Waals surface area contributed by atoms with E-state index >= 15 is 0 Å². The van der Waals surface area contributed by atoms with Crippen LogP contribution >= 0.6 is 11.8 Å². The fourth-order valence-corrected chi connectivity index (χ4v) is 15.9. The summed E-state index contributed by atoms with van der Waals surface area (Å²) >= 11 is 1.93. The van der Waals surface area contributed by atoms with E-state index in [-0.39, 0.29) is 0 Å². The smallest absolute Gasteiger partial charge is 0.0541 e. The van der Waals surface area contributed by atoms with Gasteiger partial charge in [0.05, 0.1) is 22.1 Å². The van der Waals surface area contributed by atoms with Crippen molar-refractivity contribution in [3.8, 4) is 11.4 Å². The molecular formula is C48H32N2SSi-. The Labute approximate surface area is 307 Å². The van der Waals surface area contributed by atoms with Gasteiger partial charge in [-0.2, -0.15) is 20.7 Å². The zero-order valence-electron chi connectivity index (χ0n) is 28.3. The molecular weight excluding hydrogens is 665 g/mol. The van der Waals surface area contributed by atoms with Gasteiger partial charge in [0.25, 0.3) is 0 Å². The predicted molar refractivity (Wildman–Crippen MR) is 223 cm³/mol. The minimum atomic E-state index is -2.75. The number of para-hydroxylation sites is 4. The molecule has 0 atom stereocenters. The van der Waals surface area contributed by atoms with Gasteiger partial charge in [0.15, 0.2) is 0 Å². The molecule has 0 saturated carbocycles. The van der Waals surface area contributed by atoms with E-state index in [2.05, 4.69) is 203 Å². The maximum atomic E-state index is 2.46. The lowest BCUT2D eigenvalue weighted by atomic mass is 10.2. The molecule has 0 bridgehead atoms. The lowest BCUT2D eigenvalue weighted by Gasteiger charge is -2.51. The molecule has 1 aliphatic heterocycles. The summed E-state index contributed by atoms with van der Waals surface area (Å²) in [6.45, 7) is 0. The van der Waals surface area contributed by atoms with E-state index < -0.39 is 8.07 Å². The Bertz CT molecular complexity index is 2680. The lowest BCUT2D eigenvalue weighted by molar-refractivity contribution is 1.16. The van der Waals surface area contributed by atoms with Crippen molar-refractivity contribution in [1.82, 2.24) is 9.13 Å². The molecule has 3 heterocycles. The SMILES string of the molecule is c1ccc([Si-]2(c3ccccc3)c3ccc(-n4c5ccccc5c5ccccc54)cc3Sc3cc(-n4c5ccccc5c5ccccc54)ccc32)cc1. The van der Waals surface area contributed by atoms with E-state index in [4.69, 9.17) is 0 Å². The molecule has 11 rings (SSSR count). The number of hydrogen-bond donors (Lipinski definition) is 0.